The van der Waals surface area contributed by atoms with Crippen molar-refractivity contribution in [1.29, 1.82) is 0 Å². The molecule has 0 radical (unpaired) electrons. The molecule has 122 valence electrons. The summed E-state index contributed by atoms with van der Waals surface area (Å²) < 4.78 is 18.8. The molecule has 0 aromatic heterocycles. The third kappa shape index (κ3) is 4.80. The van der Waals surface area contributed by atoms with Crippen molar-refractivity contribution in [3.8, 4) is 0 Å². The van der Waals surface area contributed by atoms with Crippen LogP contribution in [0.4, 0.5) is 4.39 Å². The Morgan fingerprint density at radius 2 is 1.86 bits per heavy atom. The molecule has 0 heterocycles. The fourth-order valence-corrected chi connectivity index (χ4v) is 1.99. The Morgan fingerprint density at radius 3 is 2.36 bits per heavy atom. The summed E-state index contributed by atoms with van der Waals surface area (Å²) in [6.07, 6.45) is -0.945. The number of methoxy groups -OCH3 is 1. The first-order valence-electron chi connectivity index (χ1n) is 7.11. The van der Waals surface area contributed by atoms with Gasteiger partial charge in [0.05, 0.1) is 7.11 Å². The fourth-order valence-electron chi connectivity index (χ4n) is 1.99. The molecular formula is C16H23FN2O3. The quantitative estimate of drug-likeness (QED) is 0.756. The van der Waals surface area contributed by atoms with E-state index in [-0.39, 0.29) is 12.3 Å². The highest BCUT2D eigenvalue weighted by atomic mass is 19.1. The molecule has 0 fully saturated rings. The van der Waals surface area contributed by atoms with Crippen LogP contribution in [0.1, 0.15) is 42.4 Å². The number of halogens is 1. The molecule has 1 aromatic rings. The van der Waals surface area contributed by atoms with Gasteiger partial charge in [0, 0.05) is 12.6 Å². The summed E-state index contributed by atoms with van der Waals surface area (Å²) in [5.41, 5.74) is 0.145. The summed E-state index contributed by atoms with van der Waals surface area (Å²) >= 11 is 0. The zero-order chi connectivity index (χ0) is 16.8. The van der Waals surface area contributed by atoms with E-state index in [9.17, 15) is 14.0 Å². The molecule has 0 aliphatic rings. The van der Waals surface area contributed by atoms with Crippen LogP contribution < -0.4 is 10.6 Å². The molecule has 0 bridgehead atoms. The fraction of sp³-hybridized carbons (Fsp3) is 0.500. The number of hydrogen-bond donors (Lipinski definition) is 2. The number of amides is 1. The first-order valence-corrected chi connectivity index (χ1v) is 7.11. The molecule has 5 nitrogen and oxygen atoms in total. The van der Waals surface area contributed by atoms with E-state index in [0.717, 1.165) is 0 Å². The van der Waals surface area contributed by atoms with Gasteiger partial charge in [0.15, 0.2) is 0 Å². The molecule has 0 spiro atoms. The first-order chi connectivity index (χ1) is 10.3. The number of ether oxygens (including phenoxy) is 1. The van der Waals surface area contributed by atoms with Crippen LogP contribution in [0, 0.1) is 0 Å². The van der Waals surface area contributed by atoms with Crippen LogP contribution in [-0.4, -0.2) is 38.1 Å². The van der Waals surface area contributed by atoms with E-state index in [1.54, 1.807) is 45.2 Å². The molecular weight excluding hydrogens is 287 g/mol. The molecule has 6 heteroatoms. The Balaban J connectivity index is 2.54. The van der Waals surface area contributed by atoms with Crippen molar-refractivity contribution in [3.63, 3.8) is 0 Å². The summed E-state index contributed by atoms with van der Waals surface area (Å²) in [4.78, 5) is 22.9. The Bertz CT molecular complexity index is 515. The standard InChI is InChI=1S/C16H23FN2O3/c1-16(2,15(21)22-4)19-10-9-13(17)11-5-7-12(8-6-11)14(20)18-3/h5-8,13,19H,9-10H2,1-4H3,(H,18,20). The van der Waals surface area contributed by atoms with Gasteiger partial charge in [-0.25, -0.2) is 4.39 Å². The van der Waals surface area contributed by atoms with Gasteiger partial charge < -0.3 is 15.4 Å². The van der Waals surface area contributed by atoms with E-state index in [0.29, 0.717) is 17.7 Å². The average Bonchev–Trinajstić information content (AvgIpc) is 2.53. The van der Waals surface area contributed by atoms with Crippen molar-refractivity contribution in [2.24, 2.45) is 0 Å². The second-order valence-electron chi connectivity index (χ2n) is 5.50. The van der Waals surface area contributed by atoms with Crippen molar-refractivity contribution in [2.45, 2.75) is 32.0 Å². The number of carbonyl (C=O) groups is 2. The highest BCUT2D eigenvalue weighted by Crippen LogP contribution is 2.21. The number of nitrogens with one attached hydrogen (secondary N) is 2. The number of alkyl halides is 1. The van der Waals surface area contributed by atoms with Crippen LogP contribution in [0.3, 0.4) is 0 Å². The zero-order valence-electron chi connectivity index (χ0n) is 13.4. The van der Waals surface area contributed by atoms with Crippen LogP contribution >= 0.6 is 0 Å². The highest BCUT2D eigenvalue weighted by molar-refractivity contribution is 5.93. The smallest absolute Gasteiger partial charge is 0.325 e. The van der Waals surface area contributed by atoms with E-state index >= 15 is 0 Å². The van der Waals surface area contributed by atoms with Gasteiger partial charge in [0.1, 0.15) is 11.7 Å². The third-order valence-corrected chi connectivity index (χ3v) is 3.42. The summed E-state index contributed by atoms with van der Waals surface area (Å²) in [6, 6.07) is 6.38. The van der Waals surface area contributed by atoms with Gasteiger partial charge in [-0.05, 0) is 44.5 Å². The van der Waals surface area contributed by atoms with Gasteiger partial charge in [-0.2, -0.15) is 0 Å². The number of hydrogen-bond acceptors (Lipinski definition) is 4. The van der Waals surface area contributed by atoms with Gasteiger partial charge in [-0.3, -0.25) is 9.59 Å². The maximum Gasteiger partial charge on any atom is 0.325 e. The lowest BCUT2D eigenvalue weighted by Gasteiger charge is -2.23. The lowest BCUT2D eigenvalue weighted by molar-refractivity contribution is -0.147. The number of carbonyl (C=O) groups excluding carboxylic acids is 2. The summed E-state index contributed by atoms with van der Waals surface area (Å²) in [5.74, 6) is -0.596. The molecule has 0 aliphatic heterocycles. The molecule has 0 saturated carbocycles. The van der Waals surface area contributed by atoms with E-state index in [1.165, 1.54) is 7.11 Å². The predicted molar refractivity (Wildman–Crippen MR) is 82.4 cm³/mol. The first kappa shape index (κ1) is 18.1. The molecule has 1 atom stereocenters. The third-order valence-electron chi connectivity index (χ3n) is 3.42. The van der Waals surface area contributed by atoms with E-state index in [2.05, 4.69) is 15.4 Å². The van der Waals surface area contributed by atoms with Crippen LogP contribution in [0.25, 0.3) is 0 Å². The number of esters is 1. The maximum absolute atomic E-state index is 14.2. The molecule has 1 amide bonds. The minimum absolute atomic E-state index is 0.205. The lowest BCUT2D eigenvalue weighted by Crippen LogP contribution is -2.47. The summed E-state index contributed by atoms with van der Waals surface area (Å²) in [7, 11) is 2.86. The Hall–Kier alpha value is -1.95. The predicted octanol–water partition coefficient (Wildman–Crippen LogP) is 1.99. The average molecular weight is 310 g/mol. The Labute approximate surface area is 130 Å². The van der Waals surface area contributed by atoms with Gasteiger partial charge in [0.25, 0.3) is 5.91 Å². The molecule has 22 heavy (non-hydrogen) atoms. The second kappa shape index (κ2) is 7.89. The SMILES string of the molecule is CNC(=O)c1ccc(C(F)CCNC(C)(C)C(=O)OC)cc1. The Morgan fingerprint density at radius 1 is 1.27 bits per heavy atom. The molecule has 0 saturated heterocycles. The monoisotopic (exact) mass is 310 g/mol. The van der Waals surface area contributed by atoms with E-state index in [1.807, 2.05) is 0 Å². The number of benzene rings is 1. The normalized spacial score (nSPS) is 12.6. The second-order valence-corrected chi connectivity index (χ2v) is 5.50. The summed E-state index contributed by atoms with van der Waals surface area (Å²) in [6.45, 7) is 3.70. The van der Waals surface area contributed by atoms with Crippen LogP contribution in [0.5, 0.6) is 0 Å². The topological polar surface area (TPSA) is 67.4 Å². The van der Waals surface area contributed by atoms with Gasteiger partial charge >= 0.3 is 5.97 Å². The van der Waals surface area contributed by atoms with Gasteiger partial charge in [-0.1, -0.05) is 12.1 Å². The molecule has 0 aliphatic carbocycles. The Kier molecular flexibility index (Phi) is 6.49. The zero-order valence-corrected chi connectivity index (χ0v) is 13.4. The van der Waals surface area contributed by atoms with Crippen molar-refractivity contribution < 1.29 is 18.7 Å². The maximum atomic E-state index is 14.2. The van der Waals surface area contributed by atoms with Gasteiger partial charge in [0.2, 0.25) is 0 Å². The molecule has 1 unspecified atom stereocenters. The van der Waals surface area contributed by atoms with E-state index in [4.69, 9.17) is 0 Å². The van der Waals surface area contributed by atoms with Crippen LogP contribution in [-0.2, 0) is 9.53 Å². The van der Waals surface area contributed by atoms with Crippen molar-refractivity contribution >= 4 is 11.9 Å². The lowest BCUT2D eigenvalue weighted by atomic mass is 10.0. The highest BCUT2D eigenvalue weighted by Gasteiger charge is 2.27. The van der Waals surface area contributed by atoms with Crippen molar-refractivity contribution in [2.75, 3.05) is 20.7 Å². The van der Waals surface area contributed by atoms with Crippen molar-refractivity contribution in [3.05, 3.63) is 35.4 Å². The number of rotatable bonds is 7. The van der Waals surface area contributed by atoms with Gasteiger partial charge in [-0.15, -0.1) is 0 Å². The molecule has 1 rings (SSSR count). The molecule has 1 aromatic carbocycles. The minimum atomic E-state index is -1.17. The molecule has 2 N–H and O–H groups in total. The summed E-state index contributed by atoms with van der Waals surface area (Å²) in [5, 5.41) is 5.48. The van der Waals surface area contributed by atoms with E-state index < -0.39 is 17.7 Å². The minimum Gasteiger partial charge on any atom is -0.468 e. The van der Waals surface area contributed by atoms with Crippen LogP contribution in [0.2, 0.25) is 0 Å². The van der Waals surface area contributed by atoms with Crippen molar-refractivity contribution in [1.82, 2.24) is 10.6 Å². The largest absolute Gasteiger partial charge is 0.468 e. The van der Waals surface area contributed by atoms with Crippen LogP contribution in [0.15, 0.2) is 24.3 Å².